The molecule has 1 aliphatic rings. The highest BCUT2D eigenvalue weighted by atomic mass is 19.1. The van der Waals surface area contributed by atoms with Crippen LogP contribution in [-0.4, -0.2) is 45.6 Å². The van der Waals surface area contributed by atoms with E-state index in [9.17, 15) is 4.39 Å². The normalized spacial score (nSPS) is 17.0. The van der Waals surface area contributed by atoms with Crippen LogP contribution in [0, 0.1) is 5.82 Å². The highest BCUT2D eigenvalue weighted by Crippen LogP contribution is 2.25. The van der Waals surface area contributed by atoms with E-state index in [4.69, 9.17) is 0 Å². The molecule has 0 radical (unpaired) electrons. The van der Waals surface area contributed by atoms with E-state index in [-0.39, 0.29) is 17.3 Å². The van der Waals surface area contributed by atoms with Crippen molar-refractivity contribution in [2.45, 2.75) is 39.2 Å². The van der Waals surface area contributed by atoms with Crippen LogP contribution >= 0.6 is 0 Å². The van der Waals surface area contributed by atoms with E-state index < -0.39 is 0 Å². The molecule has 4 rings (SSSR count). The first-order valence-electron chi connectivity index (χ1n) is 10.5. The van der Waals surface area contributed by atoms with Crippen molar-refractivity contribution in [2.75, 3.05) is 34.8 Å². The zero-order valence-corrected chi connectivity index (χ0v) is 18.4. The Labute approximate surface area is 182 Å². The fourth-order valence-corrected chi connectivity index (χ4v) is 3.73. The van der Waals surface area contributed by atoms with Gasteiger partial charge in [-0.1, -0.05) is 32.9 Å². The molecule has 7 nitrogen and oxygen atoms in total. The number of rotatable bonds is 4. The van der Waals surface area contributed by atoms with Crippen molar-refractivity contribution < 1.29 is 4.39 Å². The van der Waals surface area contributed by atoms with E-state index in [2.05, 4.69) is 70.0 Å². The Balaban J connectivity index is 1.45. The molecule has 0 unspecified atom stereocenters. The summed E-state index contributed by atoms with van der Waals surface area (Å²) < 4.78 is 14.1. The molecule has 162 valence electrons. The molecule has 2 aromatic heterocycles. The van der Waals surface area contributed by atoms with Crippen LogP contribution < -0.4 is 15.1 Å². The van der Waals surface area contributed by atoms with Gasteiger partial charge in [0.15, 0.2) is 11.6 Å². The third-order valence-corrected chi connectivity index (χ3v) is 5.49. The molecule has 1 aliphatic heterocycles. The first kappa shape index (κ1) is 21.0. The number of anilines is 4. The monoisotopic (exact) mass is 421 g/mol. The first-order valence-corrected chi connectivity index (χ1v) is 10.5. The Kier molecular flexibility index (Phi) is 5.71. The summed E-state index contributed by atoms with van der Waals surface area (Å²) in [5, 5.41) is 3.26. The highest BCUT2D eigenvalue weighted by molar-refractivity contribution is 5.55. The van der Waals surface area contributed by atoms with Gasteiger partial charge in [-0.05, 0) is 42.2 Å². The van der Waals surface area contributed by atoms with Gasteiger partial charge >= 0.3 is 0 Å². The molecule has 1 fully saturated rings. The van der Waals surface area contributed by atoms with Crippen LogP contribution in [0.15, 0.2) is 48.9 Å². The van der Waals surface area contributed by atoms with Crippen molar-refractivity contribution in [1.29, 1.82) is 0 Å². The molecule has 1 saturated heterocycles. The second-order valence-electron chi connectivity index (χ2n) is 8.86. The molecule has 1 aromatic carbocycles. The third-order valence-electron chi connectivity index (χ3n) is 5.49. The van der Waals surface area contributed by atoms with Gasteiger partial charge in [0.2, 0.25) is 11.9 Å². The van der Waals surface area contributed by atoms with E-state index in [0.29, 0.717) is 37.3 Å². The molecule has 1 atom stereocenters. The molecule has 3 aromatic rings. The molecule has 8 heteroatoms. The summed E-state index contributed by atoms with van der Waals surface area (Å²) in [6.45, 7) is 10.6. The average molecular weight is 422 g/mol. The minimum absolute atomic E-state index is 0.0940. The van der Waals surface area contributed by atoms with Gasteiger partial charge in [0.05, 0.1) is 0 Å². The predicted molar refractivity (Wildman–Crippen MR) is 121 cm³/mol. The quantitative estimate of drug-likeness (QED) is 0.678. The van der Waals surface area contributed by atoms with Gasteiger partial charge < -0.3 is 15.1 Å². The fraction of sp³-hybridized carbons (Fsp3) is 0.391. The van der Waals surface area contributed by atoms with Crippen LogP contribution in [0.5, 0.6) is 0 Å². The zero-order chi connectivity index (χ0) is 22.0. The minimum Gasteiger partial charge on any atom is -0.350 e. The lowest BCUT2D eigenvalue weighted by molar-refractivity contribution is 0.523. The Morgan fingerprint density at radius 1 is 1.03 bits per heavy atom. The minimum atomic E-state index is -0.299. The predicted octanol–water partition coefficient (Wildman–Crippen LogP) is 4.16. The summed E-state index contributed by atoms with van der Waals surface area (Å²) in [4.78, 5) is 21.5. The van der Waals surface area contributed by atoms with E-state index in [1.807, 2.05) is 17.0 Å². The summed E-state index contributed by atoms with van der Waals surface area (Å²) in [6, 6.07) is 11.4. The number of halogens is 1. The molecule has 0 saturated carbocycles. The summed E-state index contributed by atoms with van der Waals surface area (Å²) in [5.74, 6) is 1.20. The van der Waals surface area contributed by atoms with Gasteiger partial charge in [-0.25, -0.2) is 19.3 Å². The second kappa shape index (κ2) is 8.45. The zero-order valence-electron chi connectivity index (χ0n) is 18.4. The van der Waals surface area contributed by atoms with Crippen LogP contribution in [0.3, 0.4) is 0 Å². The van der Waals surface area contributed by atoms with Crippen molar-refractivity contribution in [3.8, 4) is 0 Å². The Morgan fingerprint density at radius 3 is 2.48 bits per heavy atom. The number of nitrogens with zero attached hydrogens (tertiary/aromatic N) is 6. The van der Waals surface area contributed by atoms with Crippen molar-refractivity contribution in [3.05, 3.63) is 60.3 Å². The molecule has 0 amide bonds. The SMILES string of the molecule is C[C@@H]1CN(c2ncccc2F)CCN1c1ncnc(Nc2ccc(C(C)(C)C)cc2)n1. The van der Waals surface area contributed by atoms with Crippen molar-refractivity contribution in [2.24, 2.45) is 0 Å². The van der Waals surface area contributed by atoms with Crippen molar-refractivity contribution >= 4 is 23.4 Å². The molecule has 0 aliphatic carbocycles. The summed E-state index contributed by atoms with van der Waals surface area (Å²) in [5.41, 5.74) is 2.30. The van der Waals surface area contributed by atoms with Crippen LogP contribution in [-0.2, 0) is 5.41 Å². The van der Waals surface area contributed by atoms with E-state index in [1.165, 1.54) is 18.0 Å². The van der Waals surface area contributed by atoms with Crippen molar-refractivity contribution in [1.82, 2.24) is 19.9 Å². The molecule has 1 N–H and O–H groups in total. The number of pyridine rings is 1. The Hall–Kier alpha value is -3.29. The highest BCUT2D eigenvalue weighted by Gasteiger charge is 2.28. The van der Waals surface area contributed by atoms with Gasteiger partial charge in [0, 0.05) is 37.6 Å². The number of nitrogens with one attached hydrogen (secondary N) is 1. The Bertz CT molecular complexity index is 1030. The topological polar surface area (TPSA) is 70.1 Å². The third kappa shape index (κ3) is 4.73. The number of aromatic nitrogens is 4. The summed E-state index contributed by atoms with van der Waals surface area (Å²) >= 11 is 0. The lowest BCUT2D eigenvalue weighted by Crippen LogP contribution is -2.53. The molecule has 0 spiro atoms. The maximum atomic E-state index is 14.1. The number of hydrogen-bond donors (Lipinski definition) is 1. The molecule has 31 heavy (non-hydrogen) atoms. The second-order valence-corrected chi connectivity index (χ2v) is 8.86. The van der Waals surface area contributed by atoms with Crippen LogP contribution in [0.2, 0.25) is 0 Å². The van der Waals surface area contributed by atoms with E-state index >= 15 is 0 Å². The van der Waals surface area contributed by atoms with E-state index in [0.717, 1.165) is 5.69 Å². The maximum absolute atomic E-state index is 14.1. The number of benzene rings is 1. The largest absolute Gasteiger partial charge is 0.350 e. The Morgan fingerprint density at radius 2 is 1.81 bits per heavy atom. The summed E-state index contributed by atoms with van der Waals surface area (Å²) in [6.07, 6.45) is 3.14. The lowest BCUT2D eigenvalue weighted by Gasteiger charge is -2.40. The number of hydrogen-bond acceptors (Lipinski definition) is 7. The fourth-order valence-electron chi connectivity index (χ4n) is 3.73. The molecule has 0 bridgehead atoms. The average Bonchev–Trinajstić information content (AvgIpc) is 2.74. The van der Waals surface area contributed by atoms with Gasteiger partial charge in [-0.2, -0.15) is 4.98 Å². The van der Waals surface area contributed by atoms with Crippen LogP contribution in [0.4, 0.5) is 27.8 Å². The van der Waals surface area contributed by atoms with Crippen LogP contribution in [0.1, 0.15) is 33.3 Å². The number of piperazine rings is 1. The van der Waals surface area contributed by atoms with Crippen LogP contribution in [0.25, 0.3) is 0 Å². The molecule has 3 heterocycles. The smallest absolute Gasteiger partial charge is 0.231 e. The summed E-state index contributed by atoms with van der Waals surface area (Å²) in [7, 11) is 0. The lowest BCUT2D eigenvalue weighted by atomic mass is 9.87. The molecular formula is C23H28FN7. The first-order chi connectivity index (χ1) is 14.8. The van der Waals surface area contributed by atoms with Gasteiger partial charge in [0.1, 0.15) is 6.33 Å². The van der Waals surface area contributed by atoms with Crippen molar-refractivity contribution in [3.63, 3.8) is 0 Å². The van der Waals surface area contributed by atoms with Gasteiger partial charge in [-0.3, -0.25) is 0 Å². The van der Waals surface area contributed by atoms with E-state index in [1.54, 1.807) is 12.3 Å². The molecular weight excluding hydrogens is 393 g/mol. The maximum Gasteiger partial charge on any atom is 0.231 e. The standard InChI is InChI=1S/C23H28FN7/c1-16-14-30(20-19(24)6-5-11-25-20)12-13-31(16)22-27-15-26-21(29-22)28-18-9-7-17(8-10-18)23(2,3)4/h5-11,15-16H,12-14H2,1-4H3,(H,26,27,28,29)/t16-/m1/s1. The van der Waals surface area contributed by atoms with Gasteiger partial charge in [-0.15, -0.1) is 0 Å². The van der Waals surface area contributed by atoms with Gasteiger partial charge in [0.25, 0.3) is 0 Å².